The fraction of sp³-hybridized carbons (Fsp3) is 0.429. The molecule has 0 atom stereocenters. The van der Waals surface area contributed by atoms with Crippen molar-refractivity contribution in [1.29, 1.82) is 0 Å². The number of aromatic carboxylic acids is 1. The van der Waals surface area contributed by atoms with Gasteiger partial charge >= 0.3 is 12.1 Å². The van der Waals surface area contributed by atoms with Crippen LogP contribution in [0.15, 0.2) is 18.2 Å². The summed E-state index contributed by atoms with van der Waals surface area (Å²) in [7, 11) is 0. The van der Waals surface area contributed by atoms with E-state index >= 15 is 0 Å². The third-order valence-electron chi connectivity index (χ3n) is 3.23. The molecule has 114 valence electrons. The molecule has 0 aliphatic carbocycles. The van der Waals surface area contributed by atoms with Gasteiger partial charge in [-0.25, -0.2) is 9.78 Å². The molecule has 1 aromatic heterocycles. The van der Waals surface area contributed by atoms with Gasteiger partial charge < -0.3 is 9.67 Å². The highest BCUT2D eigenvalue weighted by atomic mass is 19.4. The lowest BCUT2D eigenvalue weighted by Gasteiger charge is -2.11. The summed E-state index contributed by atoms with van der Waals surface area (Å²) < 4.78 is 38.4. The summed E-state index contributed by atoms with van der Waals surface area (Å²) in [5.41, 5.74) is 0.953. The standard InChI is InChI=1S/C14H15F3N2O2/c1-2-11-18-10-6-3-5-9(13(20)21)12(10)19(11)8-4-7-14(15,16)17/h3,5-6H,2,4,7-8H2,1H3,(H,20,21). The van der Waals surface area contributed by atoms with Crippen molar-refractivity contribution in [2.24, 2.45) is 0 Å². The van der Waals surface area contributed by atoms with Gasteiger partial charge in [0.05, 0.1) is 16.6 Å². The van der Waals surface area contributed by atoms with E-state index < -0.39 is 18.6 Å². The summed E-state index contributed by atoms with van der Waals surface area (Å²) in [6.45, 7) is 1.94. The van der Waals surface area contributed by atoms with Gasteiger partial charge in [-0.05, 0) is 18.6 Å². The maximum atomic E-state index is 12.3. The minimum absolute atomic E-state index is 0.0618. The number of hydrogen-bond acceptors (Lipinski definition) is 2. The van der Waals surface area contributed by atoms with Gasteiger partial charge in [0.15, 0.2) is 0 Å². The zero-order valence-corrected chi connectivity index (χ0v) is 11.4. The monoisotopic (exact) mass is 300 g/mol. The van der Waals surface area contributed by atoms with Gasteiger partial charge in [0.25, 0.3) is 0 Å². The molecule has 2 rings (SSSR count). The van der Waals surface area contributed by atoms with Crippen LogP contribution >= 0.6 is 0 Å². The highest BCUT2D eigenvalue weighted by Crippen LogP contribution is 2.25. The summed E-state index contributed by atoms with van der Waals surface area (Å²) in [5, 5.41) is 9.22. The number of carboxylic acid groups (broad SMARTS) is 1. The second-order valence-corrected chi connectivity index (χ2v) is 4.73. The minimum Gasteiger partial charge on any atom is -0.478 e. The van der Waals surface area contributed by atoms with Gasteiger partial charge in [-0.3, -0.25) is 0 Å². The van der Waals surface area contributed by atoms with Crippen LogP contribution in [-0.2, 0) is 13.0 Å². The molecule has 7 heteroatoms. The second kappa shape index (κ2) is 5.75. The van der Waals surface area contributed by atoms with Crippen molar-refractivity contribution in [3.63, 3.8) is 0 Å². The number of fused-ring (bicyclic) bond motifs is 1. The molecule has 2 aromatic rings. The first-order chi connectivity index (χ1) is 9.83. The lowest BCUT2D eigenvalue weighted by atomic mass is 10.2. The van der Waals surface area contributed by atoms with Crippen molar-refractivity contribution in [1.82, 2.24) is 9.55 Å². The third-order valence-corrected chi connectivity index (χ3v) is 3.23. The van der Waals surface area contributed by atoms with Crippen LogP contribution in [0.1, 0.15) is 35.9 Å². The summed E-state index contributed by atoms with van der Waals surface area (Å²) in [6.07, 6.45) is -4.68. The summed E-state index contributed by atoms with van der Waals surface area (Å²) in [5.74, 6) is -0.513. The molecule has 0 unspecified atom stereocenters. The highest BCUT2D eigenvalue weighted by molar-refractivity contribution is 6.01. The molecule has 0 saturated carbocycles. The van der Waals surface area contributed by atoms with E-state index in [9.17, 15) is 23.1 Å². The van der Waals surface area contributed by atoms with Crippen molar-refractivity contribution < 1.29 is 23.1 Å². The molecule has 0 amide bonds. The Kier molecular flexibility index (Phi) is 4.20. The number of hydrogen-bond donors (Lipinski definition) is 1. The molecular weight excluding hydrogens is 285 g/mol. The lowest BCUT2D eigenvalue weighted by molar-refractivity contribution is -0.135. The van der Waals surface area contributed by atoms with E-state index in [0.717, 1.165) is 0 Å². The average molecular weight is 300 g/mol. The zero-order chi connectivity index (χ0) is 15.6. The number of alkyl halides is 3. The maximum absolute atomic E-state index is 12.3. The van der Waals surface area contributed by atoms with Crippen LogP contribution < -0.4 is 0 Å². The zero-order valence-electron chi connectivity index (χ0n) is 11.4. The molecule has 0 radical (unpaired) electrons. The van der Waals surface area contributed by atoms with Crippen molar-refractivity contribution >= 4 is 17.0 Å². The van der Waals surface area contributed by atoms with Crippen LogP contribution in [0.4, 0.5) is 13.2 Å². The molecule has 21 heavy (non-hydrogen) atoms. The van der Waals surface area contributed by atoms with Crippen LogP contribution in [0.5, 0.6) is 0 Å². The van der Waals surface area contributed by atoms with Crippen molar-refractivity contribution in [3.05, 3.63) is 29.6 Å². The molecule has 0 spiro atoms. The quantitative estimate of drug-likeness (QED) is 0.917. The van der Waals surface area contributed by atoms with Crippen LogP contribution in [0.2, 0.25) is 0 Å². The number of imidazole rings is 1. The van der Waals surface area contributed by atoms with Crippen LogP contribution in [0.3, 0.4) is 0 Å². The van der Waals surface area contributed by atoms with Crippen molar-refractivity contribution in [2.45, 2.75) is 38.9 Å². The summed E-state index contributed by atoms with van der Waals surface area (Å²) in [4.78, 5) is 15.6. The molecule has 0 fully saturated rings. The van der Waals surface area contributed by atoms with E-state index in [1.54, 1.807) is 16.7 Å². The van der Waals surface area contributed by atoms with Gasteiger partial charge in [0.1, 0.15) is 5.82 Å². The van der Waals surface area contributed by atoms with E-state index in [1.807, 2.05) is 6.92 Å². The van der Waals surface area contributed by atoms with E-state index in [-0.39, 0.29) is 18.5 Å². The Morgan fingerprint density at radius 2 is 2.10 bits per heavy atom. The molecular formula is C14H15F3N2O2. The predicted molar refractivity (Wildman–Crippen MR) is 71.4 cm³/mol. The number of aromatic nitrogens is 2. The van der Waals surface area contributed by atoms with E-state index in [4.69, 9.17) is 0 Å². The molecule has 1 N–H and O–H groups in total. The van der Waals surface area contributed by atoms with Crippen molar-refractivity contribution in [2.75, 3.05) is 0 Å². The largest absolute Gasteiger partial charge is 0.478 e. The van der Waals surface area contributed by atoms with Crippen LogP contribution in [-0.4, -0.2) is 26.8 Å². The Labute approximate surface area is 119 Å². The van der Waals surface area contributed by atoms with Gasteiger partial charge in [0, 0.05) is 19.4 Å². The fourth-order valence-corrected chi connectivity index (χ4v) is 2.35. The molecule has 0 aliphatic rings. The van der Waals surface area contributed by atoms with Gasteiger partial charge in [-0.15, -0.1) is 0 Å². The first-order valence-electron chi connectivity index (χ1n) is 6.61. The van der Waals surface area contributed by atoms with E-state index in [1.165, 1.54) is 6.07 Å². The minimum atomic E-state index is -4.21. The van der Waals surface area contributed by atoms with Gasteiger partial charge in [-0.1, -0.05) is 13.0 Å². The number of benzene rings is 1. The second-order valence-electron chi connectivity index (χ2n) is 4.73. The average Bonchev–Trinajstić information content (AvgIpc) is 2.75. The Morgan fingerprint density at radius 3 is 2.67 bits per heavy atom. The smallest absolute Gasteiger partial charge is 0.389 e. The molecule has 1 heterocycles. The van der Waals surface area contributed by atoms with Crippen LogP contribution in [0, 0.1) is 0 Å². The summed E-state index contributed by atoms with van der Waals surface area (Å²) >= 11 is 0. The number of para-hydroxylation sites is 1. The molecule has 0 bridgehead atoms. The molecule has 1 aromatic carbocycles. The van der Waals surface area contributed by atoms with Gasteiger partial charge in [-0.2, -0.15) is 13.2 Å². The Balaban J connectivity index is 2.42. The third kappa shape index (κ3) is 3.34. The Bertz CT molecular complexity index is 662. The van der Waals surface area contributed by atoms with E-state index in [0.29, 0.717) is 23.3 Å². The number of nitrogens with zero attached hydrogens (tertiary/aromatic N) is 2. The lowest BCUT2D eigenvalue weighted by Crippen LogP contribution is -2.11. The molecule has 0 aliphatic heterocycles. The Morgan fingerprint density at radius 1 is 1.38 bits per heavy atom. The highest BCUT2D eigenvalue weighted by Gasteiger charge is 2.26. The van der Waals surface area contributed by atoms with Crippen LogP contribution in [0.25, 0.3) is 11.0 Å². The molecule has 4 nitrogen and oxygen atoms in total. The maximum Gasteiger partial charge on any atom is 0.389 e. The first-order valence-corrected chi connectivity index (χ1v) is 6.61. The Hall–Kier alpha value is -2.05. The molecule has 0 saturated heterocycles. The number of halogens is 3. The van der Waals surface area contributed by atoms with Crippen molar-refractivity contribution in [3.8, 4) is 0 Å². The van der Waals surface area contributed by atoms with E-state index in [2.05, 4.69) is 4.98 Å². The number of rotatable bonds is 5. The number of aryl methyl sites for hydroxylation is 2. The summed E-state index contributed by atoms with van der Waals surface area (Å²) in [6, 6.07) is 4.69. The topological polar surface area (TPSA) is 55.1 Å². The SMILES string of the molecule is CCc1nc2cccc(C(=O)O)c2n1CCCC(F)(F)F. The first kappa shape index (κ1) is 15.3. The normalized spacial score (nSPS) is 12.0. The van der Waals surface area contributed by atoms with Gasteiger partial charge in [0.2, 0.25) is 0 Å². The fourth-order valence-electron chi connectivity index (χ4n) is 2.35. The predicted octanol–water partition coefficient (Wildman–Crippen LogP) is 3.64. The number of carboxylic acids is 1. The number of carbonyl (C=O) groups is 1.